The number of piperidine rings is 1. The van der Waals surface area contributed by atoms with E-state index in [4.69, 9.17) is 0 Å². The topological polar surface area (TPSA) is 84.2 Å². The third-order valence-corrected chi connectivity index (χ3v) is 4.18. The van der Waals surface area contributed by atoms with Crippen LogP contribution in [0.2, 0.25) is 0 Å². The zero-order valence-corrected chi connectivity index (χ0v) is 11.6. The second-order valence-electron chi connectivity index (χ2n) is 5.65. The van der Waals surface area contributed by atoms with Crippen LogP contribution in [0.15, 0.2) is 0 Å². The first kappa shape index (κ1) is 15.9. The lowest BCUT2D eigenvalue weighted by molar-refractivity contribution is -0.190. The number of likely N-dealkylation sites (tertiary alicyclic amines) is 1. The molecule has 1 aliphatic heterocycles. The first-order valence-electron chi connectivity index (χ1n) is 6.80. The normalized spacial score (nSPS) is 38.3. The number of hydrogen-bond donors (Lipinski definition) is 4. The lowest BCUT2D eigenvalue weighted by atomic mass is 9.84. The standard InChI is InChI=1S/C13H27NO4/c1-4-9(5-2)6-14-8-13(3,18)12(17)11(16)10(14)7-15/h9-12,15-18H,4-8H2,1-3H3/t10?,11-,12+,13+/m1/s1. The average Bonchev–Trinajstić information content (AvgIpc) is 2.33. The van der Waals surface area contributed by atoms with Gasteiger partial charge in [-0.2, -0.15) is 0 Å². The predicted octanol–water partition coefficient (Wildman–Crippen LogP) is -0.428. The molecule has 0 amide bonds. The van der Waals surface area contributed by atoms with Crippen molar-refractivity contribution in [3.8, 4) is 0 Å². The SMILES string of the molecule is CCC(CC)CN1C[C@](C)(O)[C@@H](O)[C@H](O)C1CO. The lowest BCUT2D eigenvalue weighted by Gasteiger charge is -2.48. The molecule has 18 heavy (non-hydrogen) atoms. The molecular formula is C13H27NO4. The molecule has 0 aliphatic carbocycles. The van der Waals surface area contributed by atoms with E-state index in [0.29, 0.717) is 5.92 Å². The molecule has 0 radical (unpaired) electrons. The first-order chi connectivity index (χ1) is 8.37. The smallest absolute Gasteiger partial charge is 0.111 e. The Labute approximate surface area is 109 Å². The Morgan fingerprint density at radius 2 is 1.83 bits per heavy atom. The summed E-state index contributed by atoms with van der Waals surface area (Å²) in [6, 6.07) is -0.499. The van der Waals surface area contributed by atoms with E-state index in [1.54, 1.807) is 0 Å². The Morgan fingerprint density at radius 1 is 1.28 bits per heavy atom. The molecule has 5 heteroatoms. The van der Waals surface area contributed by atoms with Gasteiger partial charge in [0.25, 0.3) is 0 Å². The van der Waals surface area contributed by atoms with Gasteiger partial charge in [-0.15, -0.1) is 0 Å². The van der Waals surface area contributed by atoms with Gasteiger partial charge in [0.15, 0.2) is 0 Å². The third kappa shape index (κ3) is 3.22. The van der Waals surface area contributed by atoms with Crippen molar-refractivity contribution in [2.24, 2.45) is 5.92 Å². The van der Waals surface area contributed by atoms with Crippen molar-refractivity contribution in [2.75, 3.05) is 19.7 Å². The van der Waals surface area contributed by atoms with E-state index in [1.807, 2.05) is 4.90 Å². The summed E-state index contributed by atoms with van der Waals surface area (Å²) in [5.74, 6) is 0.470. The van der Waals surface area contributed by atoms with E-state index in [2.05, 4.69) is 13.8 Å². The molecule has 0 aromatic heterocycles. The fourth-order valence-electron chi connectivity index (χ4n) is 2.72. The van der Waals surface area contributed by atoms with E-state index in [0.717, 1.165) is 19.4 Å². The van der Waals surface area contributed by atoms with Crippen LogP contribution >= 0.6 is 0 Å². The highest BCUT2D eigenvalue weighted by Crippen LogP contribution is 2.27. The molecule has 0 spiro atoms. The summed E-state index contributed by atoms with van der Waals surface area (Å²) in [5, 5.41) is 39.3. The van der Waals surface area contributed by atoms with Gasteiger partial charge in [-0.05, 0) is 12.8 Å². The molecule has 4 N–H and O–H groups in total. The summed E-state index contributed by atoms with van der Waals surface area (Å²) in [4.78, 5) is 1.90. The van der Waals surface area contributed by atoms with Gasteiger partial charge in [0.1, 0.15) is 17.8 Å². The minimum absolute atomic E-state index is 0.214. The monoisotopic (exact) mass is 261 g/mol. The van der Waals surface area contributed by atoms with Gasteiger partial charge in [-0.25, -0.2) is 0 Å². The highest BCUT2D eigenvalue weighted by molar-refractivity contribution is 5.01. The molecular weight excluding hydrogens is 234 g/mol. The maximum atomic E-state index is 10.1. The quantitative estimate of drug-likeness (QED) is 0.540. The van der Waals surface area contributed by atoms with Crippen LogP contribution in [0.1, 0.15) is 33.6 Å². The van der Waals surface area contributed by atoms with Crippen LogP contribution in [-0.4, -0.2) is 68.9 Å². The van der Waals surface area contributed by atoms with Crippen molar-refractivity contribution in [1.29, 1.82) is 0 Å². The molecule has 0 aromatic rings. The van der Waals surface area contributed by atoms with Crippen molar-refractivity contribution in [2.45, 2.75) is 57.5 Å². The van der Waals surface area contributed by atoms with Gasteiger partial charge >= 0.3 is 0 Å². The van der Waals surface area contributed by atoms with Gasteiger partial charge in [0, 0.05) is 13.1 Å². The highest BCUT2D eigenvalue weighted by Gasteiger charge is 2.47. The van der Waals surface area contributed by atoms with Crippen molar-refractivity contribution < 1.29 is 20.4 Å². The molecule has 1 heterocycles. The molecule has 1 unspecified atom stereocenters. The number of β-amino-alcohol motifs (C(OH)–C–C–N with tert-alkyl or cyclic N) is 1. The first-order valence-corrected chi connectivity index (χ1v) is 6.80. The van der Waals surface area contributed by atoms with E-state index >= 15 is 0 Å². The minimum atomic E-state index is -1.34. The average molecular weight is 261 g/mol. The molecule has 4 atom stereocenters. The summed E-state index contributed by atoms with van der Waals surface area (Å²) in [5.41, 5.74) is -1.34. The summed E-state index contributed by atoms with van der Waals surface area (Å²) in [6.07, 6.45) is -0.293. The van der Waals surface area contributed by atoms with Crippen LogP contribution < -0.4 is 0 Å². The van der Waals surface area contributed by atoms with Crippen molar-refractivity contribution in [3.05, 3.63) is 0 Å². The molecule has 1 rings (SSSR count). The number of aliphatic hydroxyl groups excluding tert-OH is 3. The lowest BCUT2D eigenvalue weighted by Crippen LogP contribution is -2.67. The molecule has 1 fully saturated rings. The zero-order chi connectivity index (χ0) is 13.9. The minimum Gasteiger partial charge on any atom is -0.395 e. The van der Waals surface area contributed by atoms with Crippen LogP contribution in [0.4, 0.5) is 0 Å². The molecule has 0 aromatic carbocycles. The number of aliphatic hydroxyl groups is 4. The van der Waals surface area contributed by atoms with E-state index < -0.39 is 23.9 Å². The molecule has 5 nitrogen and oxygen atoms in total. The Kier molecular flexibility index (Phi) is 5.55. The van der Waals surface area contributed by atoms with Gasteiger partial charge in [-0.3, -0.25) is 4.90 Å². The Bertz CT molecular complexity index is 255. The summed E-state index contributed by atoms with van der Waals surface area (Å²) < 4.78 is 0. The van der Waals surface area contributed by atoms with Crippen LogP contribution in [0.5, 0.6) is 0 Å². The van der Waals surface area contributed by atoms with Gasteiger partial charge in [-0.1, -0.05) is 26.7 Å². The van der Waals surface area contributed by atoms with Crippen LogP contribution in [0.25, 0.3) is 0 Å². The maximum Gasteiger partial charge on any atom is 0.111 e. The second-order valence-corrected chi connectivity index (χ2v) is 5.65. The van der Waals surface area contributed by atoms with Crippen LogP contribution in [0.3, 0.4) is 0 Å². The number of rotatable bonds is 5. The fraction of sp³-hybridized carbons (Fsp3) is 1.00. The predicted molar refractivity (Wildman–Crippen MR) is 69.2 cm³/mol. The summed E-state index contributed by atoms with van der Waals surface area (Å²) in [7, 11) is 0. The second kappa shape index (κ2) is 6.30. The van der Waals surface area contributed by atoms with E-state index in [1.165, 1.54) is 6.92 Å². The summed E-state index contributed by atoms with van der Waals surface area (Å²) >= 11 is 0. The maximum absolute atomic E-state index is 10.1. The Morgan fingerprint density at radius 3 is 2.28 bits per heavy atom. The van der Waals surface area contributed by atoms with Crippen LogP contribution in [-0.2, 0) is 0 Å². The third-order valence-electron chi connectivity index (χ3n) is 4.18. The molecule has 108 valence electrons. The van der Waals surface area contributed by atoms with Crippen molar-refractivity contribution in [3.63, 3.8) is 0 Å². The molecule has 0 saturated carbocycles. The molecule has 1 saturated heterocycles. The van der Waals surface area contributed by atoms with E-state index in [-0.39, 0.29) is 13.2 Å². The highest BCUT2D eigenvalue weighted by atomic mass is 16.4. The Hall–Kier alpha value is -0.200. The van der Waals surface area contributed by atoms with E-state index in [9.17, 15) is 20.4 Å². The number of nitrogens with zero attached hydrogens (tertiary/aromatic N) is 1. The molecule has 1 aliphatic rings. The van der Waals surface area contributed by atoms with Gasteiger partial charge in [0.05, 0.1) is 12.6 Å². The van der Waals surface area contributed by atoms with Gasteiger partial charge < -0.3 is 20.4 Å². The molecule has 0 bridgehead atoms. The van der Waals surface area contributed by atoms with Gasteiger partial charge in [0.2, 0.25) is 0 Å². The van der Waals surface area contributed by atoms with Crippen molar-refractivity contribution >= 4 is 0 Å². The summed E-state index contributed by atoms with van der Waals surface area (Å²) in [6.45, 7) is 6.51. The van der Waals surface area contributed by atoms with Crippen LogP contribution in [0, 0.1) is 5.92 Å². The van der Waals surface area contributed by atoms with Crippen molar-refractivity contribution in [1.82, 2.24) is 4.90 Å². The Balaban J connectivity index is 2.81. The zero-order valence-electron chi connectivity index (χ0n) is 11.6. The number of hydrogen-bond acceptors (Lipinski definition) is 5. The largest absolute Gasteiger partial charge is 0.395 e. The fourth-order valence-corrected chi connectivity index (χ4v) is 2.72.